The first kappa shape index (κ1) is 13.9. The molecule has 0 aromatic rings. The third-order valence-electron chi connectivity index (χ3n) is 2.95. The van der Waals surface area contributed by atoms with E-state index in [4.69, 9.17) is 4.74 Å². The second-order valence-electron chi connectivity index (χ2n) is 4.94. The molecule has 1 nitrogen and oxygen atoms in total. The summed E-state index contributed by atoms with van der Waals surface area (Å²) in [5.74, 6) is 0. The van der Waals surface area contributed by atoms with Crippen LogP contribution >= 0.6 is 0 Å². The van der Waals surface area contributed by atoms with E-state index in [1.807, 2.05) is 0 Å². The average Bonchev–Trinajstić information content (AvgIpc) is 2.03. The summed E-state index contributed by atoms with van der Waals surface area (Å²) in [6, 6.07) is 0. The Morgan fingerprint density at radius 1 is 1.21 bits per heavy atom. The molecule has 0 aliphatic carbocycles. The molecule has 0 heterocycles. The zero-order chi connectivity index (χ0) is 11.2. The Labute approximate surface area is 88.0 Å². The molecule has 0 amide bonds. The van der Waals surface area contributed by atoms with E-state index >= 15 is 0 Å². The molecule has 0 bridgehead atoms. The highest BCUT2D eigenvalue weighted by molar-refractivity contribution is 4.84. The molecule has 86 valence electrons. The predicted octanol–water partition coefficient (Wildman–Crippen LogP) is 3.97. The summed E-state index contributed by atoms with van der Waals surface area (Å²) in [6.45, 7) is 8.30. The minimum absolute atomic E-state index is 0.122. The van der Waals surface area contributed by atoms with Crippen LogP contribution < -0.4 is 0 Å². The van der Waals surface area contributed by atoms with Crippen molar-refractivity contribution in [2.45, 2.75) is 59.0 Å². The van der Waals surface area contributed by atoms with Crippen LogP contribution in [0.1, 0.15) is 53.4 Å². The summed E-state index contributed by atoms with van der Waals surface area (Å²) in [6.07, 6.45) is 3.84. The number of rotatable bonds is 7. The van der Waals surface area contributed by atoms with Crippen LogP contribution in [0.3, 0.4) is 0 Å². The van der Waals surface area contributed by atoms with Gasteiger partial charge in [0.15, 0.2) is 0 Å². The third-order valence-corrected chi connectivity index (χ3v) is 2.95. The molecule has 0 radical (unpaired) electrons. The Morgan fingerprint density at radius 3 is 2.14 bits per heavy atom. The van der Waals surface area contributed by atoms with Gasteiger partial charge in [0.2, 0.25) is 0 Å². The molecule has 0 aromatic carbocycles. The van der Waals surface area contributed by atoms with Crippen molar-refractivity contribution < 1.29 is 9.13 Å². The molecule has 2 heteroatoms. The van der Waals surface area contributed by atoms with E-state index in [1.54, 1.807) is 14.0 Å². The Morgan fingerprint density at radius 2 is 1.79 bits per heavy atom. The van der Waals surface area contributed by atoms with Crippen molar-refractivity contribution in [3.8, 4) is 0 Å². The molecule has 0 aliphatic heterocycles. The fourth-order valence-corrected chi connectivity index (χ4v) is 2.24. The summed E-state index contributed by atoms with van der Waals surface area (Å²) >= 11 is 0. The van der Waals surface area contributed by atoms with Crippen molar-refractivity contribution in [1.29, 1.82) is 0 Å². The largest absolute Gasteiger partial charge is 0.381 e. The lowest BCUT2D eigenvalue weighted by molar-refractivity contribution is 0.0133. The molecule has 0 N–H and O–H groups in total. The van der Waals surface area contributed by atoms with Crippen molar-refractivity contribution >= 4 is 0 Å². The molecule has 0 saturated carbocycles. The van der Waals surface area contributed by atoms with Crippen LogP contribution in [0.15, 0.2) is 0 Å². The van der Waals surface area contributed by atoms with Gasteiger partial charge >= 0.3 is 0 Å². The topological polar surface area (TPSA) is 9.23 Å². The molecule has 0 aromatic heterocycles. The first-order valence-corrected chi connectivity index (χ1v) is 5.57. The minimum Gasteiger partial charge on any atom is -0.381 e. The number of hydrogen-bond donors (Lipinski definition) is 0. The lowest BCUT2D eigenvalue weighted by Gasteiger charge is -2.34. The molecule has 0 aliphatic rings. The van der Waals surface area contributed by atoms with Crippen molar-refractivity contribution in [3.05, 3.63) is 0 Å². The summed E-state index contributed by atoms with van der Waals surface area (Å²) < 4.78 is 18.9. The SMILES string of the molecule is CCCC(C)(CC)CC(C)(F)COC. The third kappa shape index (κ3) is 4.94. The van der Waals surface area contributed by atoms with Crippen LogP contribution in [0.25, 0.3) is 0 Å². The van der Waals surface area contributed by atoms with Gasteiger partial charge in [-0.1, -0.05) is 33.6 Å². The highest BCUT2D eigenvalue weighted by Crippen LogP contribution is 2.37. The Bertz CT molecular complexity index is 156. The molecule has 0 saturated heterocycles. The molecule has 0 spiro atoms. The van der Waals surface area contributed by atoms with E-state index in [9.17, 15) is 4.39 Å². The van der Waals surface area contributed by atoms with Crippen LogP contribution in [-0.4, -0.2) is 19.4 Å². The number of hydrogen-bond acceptors (Lipinski definition) is 1. The summed E-state index contributed by atoms with van der Waals surface area (Å²) in [5, 5.41) is 0. The molecule has 2 atom stereocenters. The summed E-state index contributed by atoms with van der Waals surface area (Å²) in [4.78, 5) is 0. The van der Waals surface area contributed by atoms with Gasteiger partial charge < -0.3 is 4.74 Å². The van der Waals surface area contributed by atoms with Crippen LogP contribution in [0, 0.1) is 5.41 Å². The minimum atomic E-state index is -1.19. The van der Waals surface area contributed by atoms with Crippen LogP contribution in [-0.2, 0) is 4.74 Å². The average molecular weight is 204 g/mol. The monoisotopic (exact) mass is 204 g/mol. The zero-order valence-electron chi connectivity index (χ0n) is 10.3. The van der Waals surface area contributed by atoms with Gasteiger partial charge in [0, 0.05) is 7.11 Å². The van der Waals surface area contributed by atoms with Gasteiger partial charge in [-0.05, 0) is 25.2 Å². The maximum absolute atomic E-state index is 14.0. The van der Waals surface area contributed by atoms with Gasteiger partial charge in [-0.2, -0.15) is 0 Å². The first-order chi connectivity index (χ1) is 6.39. The van der Waals surface area contributed by atoms with Crippen molar-refractivity contribution in [2.24, 2.45) is 5.41 Å². The molecule has 0 fully saturated rings. The normalized spacial score (nSPS) is 20.1. The number of halogens is 1. The van der Waals surface area contributed by atoms with E-state index in [0.717, 1.165) is 19.3 Å². The van der Waals surface area contributed by atoms with Gasteiger partial charge in [0.25, 0.3) is 0 Å². The highest BCUT2D eigenvalue weighted by Gasteiger charge is 2.33. The lowest BCUT2D eigenvalue weighted by atomic mass is 9.75. The molecule has 2 unspecified atom stereocenters. The van der Waals surface area contributed by atoms with Gasteiger partial charge in [-0.25, -0.2) is 4.39 Å². The van der Waals surface area contributed by atoms with Crippen molar-refractivity contribution in [3.63, 3.8) is 0 Å². The predicted molar refractivity (Wildman–Crippen MR) is 59.3 cm³/mol. The van der Waals surface area contributed by atoms with E-state index in [-0.39, 0.29) is 12.0 Å². The smallest absolute Gasteiger partial charge is 0.131 e. The summed E-state index contributed by atoms with van der Waals surface area (Å²) in [5.41, 5.74) is -1.06. The number of alkyl halides is 1. The molecular formula is C12H25FO. The van der Waals surface area contributed by atoms with Crippen molar-refractivity contribution in [1.82, 2.24) is 0 Å². The van der Waals surface area contributed by atoms with Crippen molar-refractivity contribution in [2.75, 3.05) is 13.7 Å². The number of ether oxygens (including phenoxy) is 1. The second-order valence-corrected chi connectivity index (χ2v) is 4.94. The molecule has 14 heavy (non-hydrogen) atoms. The zero-order valence-corrected chi connectivity index (χ0v) is 10.3. The fraction of sp³-hybridized carbons (Fsp3) is 1.00. The van der Waals surface area contributed by atoms with Gasteiger partial charge in [-0.15, -0.1) is 0 Å². The van der Waals surface area contributed by atoms with Gasteiger partial charge in [0.1, 0.15) is 5.67 Å². The Kier molecular flexibility index (Phi) is 5.65. The van der Waals surface area contributed by atoms with Gasteiger partial charge in [-0.3, -0.25) is 0 Å². The highest BCUT2D eigenvalue weighted by atomic mass is 19.1. The lowest BCUT2D eigenvalue weighted by Crippen LogP contribution is -2.33. The fourth-order valence-electron chi connectivity index (χ4n) is 2.24. The Balaban J connectivity index is 4.28. The molecular weight excluding hydrogens is 179 g/mol. The van der Waals surface area contributed by atoms with E-state index in [2.05, 4.69) is 20.8 Å². The van der Waals surface area contributed by atoms with E-state index in [0.29, 0.717) is 6.42 Å². The maximum Gasteiger partial charge on any atom is 0.131 e. The van der Waals surface area contributed by atoms with E-state index in [1.165, 1.54) is 0 Å². The maximum atomic E-state index is 14.0. The first-order valence-electron chi connectivity index (χ1n) is 5.57. The number of methoxy groups -OCH3 is 1. The standard InChI is InChI=1S/C12H25FO/c1-6-8-11(3,7-2)9-12(4,13)10-14-5/h6-10H2,1-5H3. The summed E-state index contributed by atoms with van der Waals surface area (Å²) in [7, 11) is 1.56. The van der Waals surface area contributed by atoms with E-state index < -0.39 is 5.67 Å². The van der Waals surface area contributed by atoms with Crippen LogP contribution in [0.4, 0.5) is 4.39 Å². The van der Waals surface area contributed by atoms with Crippen LogP contribution in [0.2, 0.25) is 0 Å². The van der Waals surface area contributed by atoms with Crippen LogP contribution in [0.5, 0.6) is 0 Å². The second kappa shape index (κ2) is 5.69. The molecule has 0 rings (SSSR count). The van der Waals surface area contributed by atoms with Gasteiger partial charge in [0.05, 0.1) is 6.61 Å². The Hall–Kier alpha value is -0.110. The quantitative estimate of drug-likeness (QED) is 0.609.